The molecule has 3 rings (SSSR count). The SMILES string of the molecule is CN=C(NCc1cn2c(C)cccc2n1)NCc1ncc(C(C)(C)C)o1. The lowest BCUT2D eigenvalue weighted by atomic mass is 9.94. The Morgan fingerprint density at radius 1 is 1.23 bits per heavy atom. The average Bonchev–Trinajstić information content (AvgIpc) is 3.22. The quantitative estimate of drug-likeness (QED) is 0.556. The second-order valence-corrected chi connectivity index (χ2v) is 7.28. The van der Waals surface area contributed by atoms with Gasteiger partial charge in [-0.3, -0.25) is 4.99 Å². The van der Waals surface area contributed by atoms with Crippen LogP contribution in [0.15, 0.2) is 40.0 Å². The number of guanidine groups is 1. The van der Waals surface area contributed by atoms with Gasteiger partial charge in [-0.2, -0.15) is 0 Å². The number of oxazole rings is 1. The second-order valence-electron chi connectivity index (χ2n) is 7.28. The van der Waals surface area contributed by atoms with Crippen molar-refractivity contribution in [1.82, 2.24) is 25.0 Å². The average molecular weight is 354 g/mol. The lowest BCUT2D eigenvalue weighted by molar-refractivity contribution is 0.379. The molecule has 3 aromatic heterocycles. The number of imidazole rings is 1. The van der Waals surface area contributed by atoms with Gasteiger partial charge in [0, 0.05) is 24.4 Å². The molecule has 3 heterocycles. The van der Waals surface area contributed by atoms with Crippen LogP contribution in [0.2, 0.25) is 0 Å². The fourth-order valence-corrected chi connectivity index (χ4v) is 2.58. The number of aryl methyl sites for hydroxylation is 1. The zero-order valence-electron chi connectivity index (χ0n) is 16.0. The number of aliphatic imine (C=N–C) groups is 1. The van der Waals surface area contributed by atoms with E-state index < -0.39 is 0 Å². The topological polar surface area (TPSA) is 79.8 Å². The fourth-order valence-electron chi connectivity index (χ4n) is 2.58. The van der Waals surface area contributed by atoms with Gasteiger partial charge in [0.05, 0.1) is 25.0 Å². The summed E-state index contributed by atoms with van der Waals surface area (Å²) in [5.41, 5.74) is 3.00. The van der Waals surface area contributed by atoms with E-state index in [1.807, 2.05) is 18.3 Å². The van der Waals surface area contributed by atoms with Gasteiger partial charge in [0.1, 0.15) is 11.4 Å². The zero-order chi connectivity index (χ0) is 18.7. The van der Waals surface area contributed by atoms with Gasteiger partial charge in [0.2, 0.25) is 5.89 Å². The number of nitrogens with one attached hydrogen (secondary N) is 2. The second kappa shape index (κ2) is 7.19. The minimum absolute atomic E-state index is 0.0492. The van der Waals surface area contributed by atoms with E-state index in [2.05, 4.69) is 63.8 Å². The molecule has 0 unspecified atom stereocenters. The van der Waals surface area contributed by atoms with E-state index in [0.717, 1.165) is 22.8 Å². The van der Waals surface area contributed by atoms with Gasteiger partial charge in [-0.15, -0.1) is 0 Å². The van der Waals surface area contributed by atoms with Crippen molar-refractivity contribution in [3.05, 3.63) is 53.6 Å². The molecule has 0 fully saturated rings. The number of hydrogen-bond donors (Lipinski definition) is 2. The maximum Gasteiger partial charge on any atom is 0.213 e. The molecule has 0 saturated carbocycles. The molecule has 7 nitrogen and oxygen atoms in total. The molecular formula is C19H26N6O. The van der Waals surface area contributed by atoms with Crippen LogP contribution in [0.5, 0.6) is 0 Å². The number of nitrogens with zero attached hydrogens (tertiary/aromatic N) is 4. The van der Waals surface area contributed by atoms with Gasteiger partial charge in [-0.05, 0) is 19.1 Å². The number of aromatic nitrogens is 3. The third-order valence-electron chi connectivity index (χ3n) is 4.11. The number of fused-ring (bicyclic) bond motifs is 1. The molecule has 0 spiro atoms. The van der Waals surface area contributed by atoms with Crippen LogP contribution in [0.25, 0.3) is 5.65 Å². The Morgan fingerprint density at radius 3 is 2.65 bits per heavy atom. The van der Waals surface area contributed by atoms with Crippen LogP contribution in [0, 0.1) is 6.92 Å². The van der Waals surface area contributed by atoms with E-state index in [-0.39, 0.29) is 5.41 Å². The molecule has 0 atom stereocenters. The third kappa shape index (κ3) is 4.04. The first-order chi connectivity index (χ1) is 12.4. The Balaban J connectivity index is 1.57. The predicted octanol–water partition coefficient (Wildman–Crippen LogP) is 2.79. The minimum Gasteiger partial charge on any atom is -0.443 e. The van der Waals surface area contributed by atoms with Gasteiger partial charge < -0.3 is 19.5 Å². The van der Waals surface area contributed by atoms with E-state index in [9.17, 15) is 0 Å². The van der Waals surface area contributed by atoms with Crippen molar-refractivity contribution in [2.75, 3.05) is 7.05 Å². The first kappa shape index (κ1) is 18.0. The molecule has 3 aromatic rings. The van der Waals surface area contributed by atoms with Crippen LogP contribution in [-0.2, 0) is 18.5 Å². The highest BCUT2D eigenvalue weighted by Crippen LogP contribution is 2.22. The van der Waals surface area contributed by atoms with Gasteiger partial charge in [0.15, 0.2) is 5.96 Å². The van der Waals surface area contributed by atoms with E-state index in [1.54, 1.807) is 13.2 Å². The lowest BCUT2D eigenvalue weighted by Crippen LogP contribution is -2.36. The minimum atomic E-state index is -0.0492. The molecule has 0 aliphatic heterocycles. The smallest absolute Gasteiger partial charge is 0.213 e. The van der Waals surface area contributed by atoms with Gasteiger partial charge in [-0.25, -0.2) is 9.97 Å². The summed E-state index contributed by atoms with van der Waals surface area (Å²) >= 11 is 0. The van der Waals surface area contributed by atoms with E-state index >= 15 is 0 Å². The Kier molecular flexibility index (Phi) is 4.97. The molecule has 26 heavy (non-hydrogen) atoms. The summed E-state index contributed by atoms with van der Waals surface area (Å²) in [4.78, 5) is 13.2. The molecule has 0 bridgehead atoms. The highest BCUT2D eigenvalue weighted by molar-refractivity contribution is 5.79. The molecule has 0 saturated heterocycles. The molecule has 0 aromatic carbocycles. The molecule has 7 heteroatoms. The normalized spacial score (nSPS) is 12.6. The van der Waals surface area contributed by atoms with Crippen molar-refractivity contribution in [3.8, 4) is 0 Å². The van der Waals surface area contributed by atoms with E-state index in [0.29, 0.717) is 24.9 Å². The van der Waals surface area contributed by atoms with Crippen LogP contribution >= 0.6 is 0 Å². The van der Waals surface area contributed by atoms with Crippen LogP contribution in [0.4, 0.5) is 0 Å². The summed E-state index contributed by atoms with van der Waals surface area (Å²) in [6, 6.07) is 6.07. The van der Waals surface area contributed by atoms with Crippen molar-refractivity contribution < 1.29 is 4.42 Å². The van der Waals surface area contributed by atoms with Crippen molar-refractivity contribution >= 4 is 11.6 Å². The zero-order valence-corrected chi connectivity index (χ0v) is 16.0. The molecule has 138 valence electrons. The van der Waals surface area contributed by atoms with Crippen molar-refractivity contribution in [3.63, 3.8) is 0 Å². The number of rotatable bonds is 4. The van der Waals surface area contributed by atoms with E-state index in [1.165, 1.54) is 0 Å². The van der Waals surface area contributed by atoms with E-state index in [4.69, 9.17) is 4.42 Å². The lowest BCUT2D eigenvalue weighted by Gasteiger charge is -2.13. The number of pyridine rings is 1. The van der Waals surface area contributed by atoms with Gasteiger partial charge >= 0.3 is 0 Å². The standard InChI is InChI=1S/C19H26N6O/c1-13-7-6-8-16-24-14(12-25(13)16)9-22-18(20-5)23-11-17-21-10-15(26-17)19(2,3)4/h6-8,10,12H,9,11H2,1-5H3,(H2,20,22,23). The summed E-state index contributed by atoms with van der Waals surface area (Å²) in [6.45, 7) is 9.42. The van der Waals surface area contributed by atoms with Crippen LogP contribution < -0.4 is 10.6 Å². The molecular weight excluding hydrogens is 328 g/mol. The monoisotopic (exact) mass is 354 g/mol. The number of hydrogen-bond acceptors (Lipinski definition) is 4. The summed E-state index contributed by atoms with van der Waals surface area (Å²) in [7, 11) is 1.74. The Hall–Kier alpha value is -2.83. The predicted molar refractivity (Wildman–Crippen MR) is 102 cm³/mol. The van der Waals surface area contributed by atoms with Crippen LogP contribution in [0.3, 0.4) is 0 Å². The molecule has 0 aliphatic carbocycles. The van der Waals surface area contributed by atoms with Crippen LogP contribution in [-0.4, -0.2) is 27.4 Å². The Morgan fingerprint density at radius 2 is 2.00 bits per heavy atom. The van der Waals surface area contributed by atoms with Crippen molar-refractivity contribution in [1.29, 1.82) is 0 Å². The first-order valence-corrected chi connectivity index (χ1v) is 8.70. The summed E-state index contributed by atoms with van der Waals surface area (Å²) in [5.74, 6) is 2.19. The first-order valence-electron chi connectivity index (χ1n) is 8.70. The summed E-state index contributed by atoms with van der Waals surface area (Å²) in [6.07, 6.45) is 3.82. The largest absolute Gasteiger partial charge is 0.443 e. The van der Waals surface area contributed by atoms with Gasteiger partial charge in [0.25, 0.3) is 0 Å². The maximum atomic E-state index is 5.79. The highest BCUT2D eigenvalue weighted by atomic mass is 16.4. The van der Waals surface area contributed by atoms with Crippen molar-refractivity contribution in [2.24, 2.45) is 4.99 Å². The van der Waals surface area contributed by atoms with Crippen LogP contribution in [0.1, 0.15) is 43.8 Å². The fraction of sp³-hybridized carbons (Fsp3) is 0.421. The Labute approximate surface area is 153 Å². The molecule has 0 aliphatic rings. The molecule has 0 radical (unpaired) electrons. The summed E-state index contributed by atoms with van der Waals surface area (Å²) < 4.78 is 7.86. The van der Waals surface area contributed by atoms with Crippen molar-refractivity contribution in [2.45, 2.75) is 46.2 Å². The van der Waals surface area contributed by atoms with Gasteiger partial charge in [-0.1, -0.05) is 26.8 Å². The molecule has 0 amide bonds. The Bertz CT molecular complexity index is 916. The third-order valence-corrected chi connectivity index (χ3v) is 4.11. The summed E-state index contributed by atoms with van der Waals surface area (Å²) in [5, 5.41) is 6.48. The maximum absolute atomic E-state index is 5.79. The molecule has 2 N–H and O–H groups in total. The highest BCUT2D eigenvalue weighted by Gasteiger charge is 2.19.